The topological polar surface area (TPSA) is 78.4 Å². The average molecular weight is 256 g/mol. The van der Waals surface area contributed by atoms with Crippen LogP contribution in [-0.4, -0.2) is 28.7 Å². The smallest absolute Gasteiger partial charge is 0.328 e. The summed E-state index contributed by atoms with van der Waals surface area (Å²) in [6, 6.07) is -0.221. The van der Waals surface area contributed by atoms with E-state index in [1.807, 2.05) is 0 Å². The van der Waals surface area contributed by atoms with Crippen LogP contribution in [0.2, 0.25) is 0 Å². The second-order valence-electron chi connectivity index (χ2n) is 5.84. The summed E-state index contributed by atoms with van der Waals surface area (Å²) >= 11 is 0. The predicted octanol–water partition coefficient (Wildman–Crippen LogP) is 2.12. The summed E-state index contributed by atoms with van der Waals surface area (Å²) in [5, 5.41) is 14.3. The van der Waals surface area contributed by atoms with Crippen molar-refractivity contribution in [2.24, 2.45) is 5.92 Å². The first-order valence-corrected chi connectivity index (χ1v) is 6.63. The van der Waals surface area contributed by atoms with Gasteiger partial charge in [-0.15, -0.1) is 0 Å². The molecule has 3 N–H and O–H groups in total. The highest BCUT2D eigenvalue weighted by Crippen LogP contribution is 2.22. The number of hydrogen-bond acceptors (Lipinski definition) is 2. The van der Waals surface area contributed by atoms with Gasteiger partial charge in [-0.3, -0.25) is 0 Å². The highest BCUT2D eigenvalue weighted by molar-refractivity contribution is 5.85. The molecule has 0 saturated heterocycles. The van der Waals surface area contributed by atoms with Gasteiger partial charge in [0, 0.05) is 6.04 Å². The number of carboxylic acids is 1. The minimum atomic E-state index is -1.23. The first kappa shape index (κ1) is 14.8. The maximum absolute atomic E-state index is 11.7. The van der Waals surface area contributed by atoms with Gasteiger partial charge in [-0.1, -0.05) is 19.8 Å². The van der Waals surface area contributed by atoms with Crippen molar-refractivity contribution in [3.05, 3.63) is 0 Å². The van der Waals surface area contributed by atoms with Crippen molar-refractivity contribution in [3.63, 3.8) is 0 Å². The third kappa shape index (κ3) is 4.55. The number of amides is 2. The molecule has 1 rings (SSSR count). The van der Waals surface area contributed by atoms with Gasteiger partial charge in [-0.05, 0) is 39.0 Å². The molecule has 2 atom stereocenters. The molecule has 1 fully saturated rings. The highest BCUT2D eigenvalue weighted by atomic mass is 16.4. The van der Waals surface area contributed by atoms with E-state index in [0.29, 0.717) is 0 Å². The van der Waals surface area contributed by atoms with Gasteiger partial charge in [0.1, 0.15) is 5.54 Å². The molecule has 1 aliphatic rings. The summed E-state index contributed by atoms with van der Waals surface area (Å²) in [5.74, 6) is -0.317. The SMILES string of the molecule is CC1CCCC(NC(=O)NC(C)(C)C(=O)O)CC1. The lowest BCUT2D eigenvalue weighted by Crippen LogP contribution is -2.54. The second-order valence-corrected chi connectivity index (χ2v) is 5.84. The van der Waals surface area contributed by atoms with Gasteiger partial charge in [0.05, 0.1) is 0 Å². The van der Waals surface area contributed by atoms with E-state index in [-0.39, 0.29) is 12.1 Å². The zero-order chi connectivity index (χ0) is 13.8. The fourth-order valence-electron chi connectivity index (χ4n) is 2.19. The van der Waals surface area contributed by atoms with E-state index >= 15 is 0 Å². The normalized spacial score (nSPS) is 25.1. The predicted molar refractivity (Wildman–Crippen MR) is 69.4 cm³/mol. The lowest BCUT2D eigenvalue weighted by Gasteiger charge is -2.24. The van der Waals surface area contributed by atoms with E-state index in [0.717, 1.165) is 31.6 Å². The number of carbonyl (C=O) groups excluding carboxylic acids is 1. The van der Waals surface area contributed by atoms with E-state index in [4.69, 9.17) is 5.11 Å². The van der Waals surface area contributed by atoms with Crippen LogP contribution >= 0.6 is 0 Å². The van der Waals surface area contributed by atoms with Crippen LogP contribution in [0.5, 0.6) is 0 Å². The Balaban J connectivity index is 2.42. The summed E-state index contributed by atoms with van der Waals surface area (Å²) in [4.78, 5) is 22.6. The molecule has 0 radical (unpaired) electrons. The molecule has 1 saturated carbocycles. The lowest BCUT2D eigenvalue weighted by molar-refractivity contribution is -0.142. The van der Waals surface area contributed by atoms with Crippen LogP contribution in [0.1, 0.15) is 52.9 Å². The Morgan fingerprint density at radius 1 is 1.17 bits per heavy atom. The van der Waals surface area contributed by atoms with Crippen molar-refractivity contribution >= 4 is 12.0 Å². The number of carbonyl (C=O) groups is 2. The number of carboxylic acid groups (broad SMARTS) is 1. The van der Waals surface area contributed by atoms with Crippen LogP contribution < -0.4 is 10.6 Å². The Morgan fingerprint density at radius 3 is 2.44 bits per heavy atom. The maximum atomic E-state index is 11.7. The summed E-state index contributed by atoms with van der Waals surface area (Å²) in [6.07, 6.45) is 5.40. The van der Waals surface area contributed by atoms with Crippen molar-refractivity contribution in [1.29, 1.82) is 0 Å². The minimum Gasteiger partial charge on any atom is -0.480 e. The van der Waals surface area contributed by atoms with Gasteiger partial charge in [0.2, 0.25) is 0 Å². The minimum absolute atomic E-state index is 0.166. The third-order valence-electron chi connectivity index (χ3n) is 3.55. The van der Waals surface area contributed by atoms with Crippen molar-refractivity contribution < 1.29 is 14.7 Å². The van der Waals surface area contributed by atoms with Crippen LogP contribution in [0.15, 0.2) is 0 Å². The molecular formula is C13H24N2O3. The molecule has 0 heterocycles. The first-order valence-electron chi connectivity index (χ1n) is 6.63. The molecule has 1 aliphatic carbocycles. The fraction of sp³-hybridized carbons (Fsp3) is 0.846. The molecule has 0 bridgehead atoms. The van der Waals surface area contributed by atoms with Gasteiger partial charge >= 0.3 is 12.0 Å². The number of urea groups is 1. The summed E-state index contributed by atoms with van der Waals surface area (Å²) < 4.78 is 0. The monoisotopic (exact) mass is 256 g/mol. The molecule has 0 aromatic heterocycles. The van der Waals surface area contributed by atoms with Gasteiger partial charge in [-0.25, -0.2) is 9.59 Å². The maximum Gasteiger partial charge on any atom is 0.328 e. The molecular weight excluding hydrogens is 232 g/mol. The second kappa shape index (κ2) is 6.07. The molecule has 0 aromatic carbocycles. The molecule has 2 amide bonds. The molecule has 5 nitrogen and oxygen atoms in total. The summed E-state index contributed by atoms with van der Waals surface area (Å²) in [6.45, 7) is 5.18. The van der Waals surface area contributed by atoms with E-state index in [1.54, 1.807) is 0 Å². The zero-order valence-corrected chi connectivity index (χ0v) is 11.5. The average Bonchev–Trinajstić information content (AvgIpc) is 2.42. The largest absolute Gasteiger partial charge is 0.480 e. The molecule has 18 heavy (non-hydrogen) atoms. The molecule has 0 aliphatic heterocycles. The van der Waals surface area contributed by atoms with Crippen LogP contribution in [0, 0.1) is 5.92 Å². The van der Waals surface area contributed by atoms with Gasteiger partial charge in [-0.2, -0.15) is 0 Å². The number of hydrogen-bond donors (Lipinski definition) is 3. The van der Waals surface area contributed by atoms with E-state index < -0.39 is 11.5 Å². The van der Waals surface area contributed by atoms with Gasteiger partial charge in [0.15, 0.2) is 0 Å². The van der Waals surface area contributed by atoms with Crippen molar-refractivity contribution in [2.45, 2.75) is 64.5 Å². The van der Waals surface area contributed by atoms with Crippen LogP contribution in [0.4, 0.5) is 4.79 Å². The Bertz CT molecular complexity index is 315. The molecule has 0 spiro atoms. The Kier molecular flexibility index (Phi) is 4.99. The molecule has 2 unspecified atom stereocenters. The van der Waals surface area contributed by atoms with Crippen molar-refractivity contribution in [3.8, 4) is 0 Å². The fourth-order valence-corrected chi connectivity index (χ4v) is 2.19. The van der Waals surface area contributed by atoms with E-state index in [1.165, 1.54) is 20.3 Å². The van der Waals surface area contributed by atoms with E-state index in [2.05, 4.69) is 17.6 Å². The zero-order valence-electron chi connectivity index (χ0n) is 11.5. The van der Waals surface area contributed by atoms with Gasteiger partial charge in [0.25, 0.3) is 0 Å². The number of nitrogens with one attached hydrogen (secondary N) is 2. The molecule has 104 valence electrons. The Hall–Kier alpha value is -1.26. The van der Waals surface area contributed by atoms with Crippen LogP contribution in [-0.2, 0) is 4.79 Å². The van der Waals surface area contributed by atoms with E-state index in [9.17, 15) is 9.59 Å². The Labute approximate surface area is 108 Å². The van der Waals surface area contributed by atoms with Crippen molar-refractivity contribution in [2.75, 3.05) is 0 Å². The number of aliphatic carboxylic acids is 1. The number of rotatable bonds is 3. The lowest BCUT2D eigenvalue weighted by atomic mass is 10.0. The van der Waals surface area contributed by atoms with Crippen LogP contribution in [0.25, 0.3) is 0 Å². The molecule has 0 aromatic rings. The first-order chi connectivity index (χ1) is 8.31. The van der Waals surface area contributed by atoms with Gasteiger partial charge < -0.3 is 15.7 Å². The standard InChI is InChI=1S/C13H24N2O3/c1-9-5-4-6-10(8-7-9)14-12(18)15-13(2,3)11(16)17/h9-10H,4-8H2,1-3H3,(H,16,17)(H2,14,15,18). The quantitative estimate of drug-likeness (QED) is 0.677. The summed E-state index contributed by atoms with van der Waals surface area (Å²) in [5.41, 5.74) is -1.23. The molecule has 5 heteroatoms. The summed E-state index contributed by atoms with van der Waals surface area (Å²) in [7, 11) is 0. The highest BCUT2D eigenvalue weighted by Gasteiger charge is 2.29. The van der Waals surface area contributed by atoms with Crippen molar-refractivity contribution in [1.82, 2.24) is 10.6 Å². The Morgan fingerprint density at radius 2 is 1.83 bits per heavy atom. The third-order valence-corrected chi connectivity index (χ3v) is 3.55. The van der Waals surface area contributed by atoms with Crippen LogP contribution in [0.3, 0.4) is 0 Å².